The quantitative estimate of drug-likeness (QED) is 0.903. The van der Waals surface area contributed by atoms with Crippen LogP contribution in [0.5, 0.6) is 5.75 Å². The normalized spacial score (nSPS) is 18.0. The van der Waals surface area contributed by atoms with Crippen LogP contribution >= 0.6 is 0 Å². The lowest BCUT2D eigenvalue weighted by Crippen LogP contribution is -2.57. The molecule has 1 aliphatic rings. The summed E-state index contributed by atoms with van der Waals surface area (Å²) >= 11 is 0. The van der Waals surface area contributed by atoms with E-state index in [0.29, 0.717) is 19.6 Å². The summed E-state index contributed by atoms with van der Waals surface area (Å²) in [6.07, 6.45) is -0.863. The van der Waals surface area contributed by atoms with Crippen molar-refractivity contribution in [1.29, 1.82) is 0 Å². The van der Waals surface area contributed by atoms with Gasteiger partial charge < -0.3 is 24.4 Å². The molecule has 1 heterocycles. The highest BCUT2D eigenvalue weighted by molar-refractivity contribution is 5.70. The van der Waals surface area contributed by atoms with Crippen LogP contribution in [0.4, 0.5) is 9.59 Å². The molecule has 0 unspecified atom stereocenters. The van der Waals surface area contributed by atoms with Crippen molar-refractivity contribution >= 4 is 12.2 Å². The third-order valence-corrected chi connectivity index (χ3v) is 3.84. The minimum atomic E-state index is -0.974. The van der Waals surface area contributed by atoms with Crippen molar-refractivity contribution < 1.29 is 24.2 Å². The molecule has 1 aromatic rings. The summed E-state index contributed by atoms with van der Waals surface area (Å²) < 4.78 is 11.1. The van der Waals surface area contributed by atoms with E-state index in [4.69, 9.17) is 9.47 Å². The summed E-state index contributed by atoms with van der Waals surface area (Å²) in [5.41, 5.74) is -0.591. The van der Waals surface area contributed by atoms with Gasteiger partial charge in [-0.05, 0) is 32.9 Å². The predicted octanol–water partition coefficient (Wildman–Crippen LogP) is 3.05. The third-order valence-electron chi connectivity index (χ3n) is 3.84. The van der Waals surface area contributed by atoms with Crippen LogP contribution in [0.25, 0.3) is 0 Å². The Bertz CT molecular complexity index is 585. The highest BCUT2D eigenvalue weighted by atomic mass is 16.6. The maximum absolute atomic E-state index is 12.4. The summed E-state index contributed by atoms with van der Waals surface area (Å²) in [7, 11) is 0. The SMILES string of the molecule is CC(C)(C)OC(=O)N1CCN(C(=O)O)C[C@H]1CCOc1ccccc1. The van der Waals surface area contributed by atoms with E-state index in [-0.39, 0.29) is 19.1 Å². The van der Waals surface area contributed by atoms with Crippen LogP contribution in [0.1, 0.15) is 27.2 Å². The van der Waals surface area contributed by atoms with E-state index in [2.05, 4.69) is 0 Å². The van der Waals surface area contributed by atoms with Crippen LogP contribution in [0.3, 0.4) is 0 Å². The van der Waals surface area contributed by atoms with E-state index < -0.39 is 17.8 Å². The molecule has 0 saturated carbocycles. The first-order chi connectivity index (χ1) is 11.8. The first-order valence-electron chi connectivity index (χ1n) is 8.41. The fourth-order valence-corrected chi connectivity index (χ4v) is 2.67. The number of benzene rings is 1. The van der Waals surface area contributed by atoms with Gasteiger partial charge in [-0.1, -0.05) is 18.2 Å². The van der Waals surface area contributed by atoms with Crippen LogP contribution in [-0.4, -0.2) is 65.0 Å². The molecule has 1 atom stereocenters. The standard InChI is InChI=1S/C18H26N2O5/c1-18(2,3)25-17(23)20-11-10-19(16(21)22)13-14(20)9-12-24-15-7-5-4-6-8-15/h4-8,14H,9-13H2,1-3H3,(H,21,22)/t14-/m1/s1. The lowest BCUT2D eigenvalue weighted by Gasteiger charge is -2.40. The van der Waals surface area contributed by atoms with Crippen molar-refractivity contribution in [3.63, 3.8) is 0 Å². The zero-order valence-electron chi connectivity index (χ0n) is 15.0. The van der Waals surface area contributed by atoms with Crippen LogP contribution in [0, 0.1) is 0 Å². The Morgan fingerprint density at radius 3 is 2.48 bits per heavy atom. The van der Waals surface area contributed by atoms with Crippen molar-refractivity contribution in [1.82, 2.24) is 9.80 Å². The van der Waals surface area contributed by atoms with Gasteiger partial charge >= 0.3 is 12.2 Å². The number of carbonyl (C=O) groups is 2. The van der Waals surface area contributed by atoms with E-state index in [1.165, 1.54) is 4.90 Å². The zero-order valence-corrected chi connectivity index (χ0v) is 15.0. The van der Waals surface area contributed by atoms with Gasteiger partial charge in [0.1, 0.15) is 11.4 Å². The molecule has 138 valence electrons. The van der Waals surface area contributed by atoms with Crippen molar-refractivity contribution in [3.05, 3.63) is 30.3 Å². The molecule has 1 saturated heterocycles. The van der Waals surface area contributed by atoms with Gasteiger partial charge in [-0.3, -0.25) is 0 Å². The summed E-state index contributed by atoms with van der Waals surface area (Å²) in [5.74, 6) is 0.747. The molecule has 0 spiro atoms. The van der Waals surface area contributed by atoms with Gasteiger partial charge in [0.15, 0.2) is 0 Å². The van der Waals surface area contributed by atoms with Gasteiger partial charge in [-0.2, -0.15) is 0 Å². The Kier molecular flexibility index (Phi) is 6.12. The monoisotopic (exact) mass is 350 g/mol. The number of hydrogen-bond acceptors (Lipinski definition) is 4. The second-order valence-corrected chi connectivity index (χ2v) is 7.01. The predicted molar refractivity (Wildman–Crippen MR) is 92.9 cm³/mol. The molecule has 25 heavy (non-hydrogen) atoms. The molecular formula is C18H26N2O5. The van der Waals surface area contributed by atoms with Crippen molar-refractivity contribution in [2.45, 2.75) is 38.8 Å². The largest absolute Gasteiger partial charge is 0.494 e. The highest BCUT2D eigenvalue weighted by Gasteiger charge is 2.34. The number of para-hydroxylation sites is 1. The Labute approximate surface area is 148 Å². The second-order valence-electron chi connectivity index (χ2n) is 7.01. The summed E-state index contributed by atoms with van der Waals surface area (Å²) in [6.45, 7) is 6.68. The maximum Gasteiger partial charge on any atom is 0.410 e. The molecule has 2 amide bonds. The van der Waals surface area contributed by atoms with E-state index >= 15 is 0 Å². The molecule has 0 aliphatic carbocycles. The topological polar surface area (TPSA) is 79.3 Å². The molecule has 7 nitrogen and oxygen atoms in total. The number of carboxylic acid groups (broad SMARTS) is 1. The molecule has 0 radical (unpaired) electrons. The van der Waals surface area contributed by atoms with Gasteiger partial charge in [-0.25, -0.2) is 9.59 Å². The number of carbonyl (C=O) groups excluding carboxylic acids is 1. The third kappa shape index (κ3) is 5.85. The Balaban J connectivity index is 1.98. The number of ether oxygens (including phenoxy) is 2. The van der Waals surface area contributed by atoms with E-state index in [1.807, 2.05) is 51.1 Å². The lowest BCUT2D eigenvalue weighted by molar-refractivity contribution is -0.00308. The lowest BCUT2D eigenvalue weighted by atomic mass is 10.1. The average molecular weight is 350 g/mol. The number of rotatable bonds is 4. The van der Waals surface area contributed by atoms with Gasteiger partial charge in [0, 0.05) is 26.1 Å². The summed E-state index contributed by atoms with van der Waals surface area (Å²) in [5, 5.41) is 9.23. The summed E-state index contributed by atoms with van der Waals surface area (Å²) in [4.78, 5) is 26.6. The van der Waals surface area contributed by atoms with E-state index in [1.54, 1.807) is 4.90 Å². The fraction of sp³-hybridized carbons (Fsp3) is 0.556. The molecular weight excluding hydrogens is 324 g/mol. The van der Waals surface area contributed by atoms with Crippen LogP contribution in [0.15, 0.2) is 30.3 Å². The van der Waals surface area contributed by atoms with E-state index in [0.717, 1.165) is 5.75 Å². The molecule has 0 bridgehead atoms. The van der Waals surface area contributed by atoms with Crippen LogP contribution < -0.4 is 4.74 Å². The van der Waals surface area contributed by atoms with Crippen LogP contribution in [-0.2, 0) is 4.74 Å². The van der Waals surface area contributed by atoms with Gasteiger partial charge in [0.05, 0.1) is 12.6 Å². The molecule has 2 rings (SSSR count). The second kappa shape index (κ2) is 8.09. The smallest absolute Gasteiger partial charge is 0.410 e. The number of piperazine rings is 1. The van der Waals surface area contributed by atoms with Crippen molar-refractivity contribution in [3.8, 4) is 5.75 Å². The number of nitrogens with zero attached hydrogens (tertiary/aromatic N) is 2. The first kappa shape index (κ1) is 18.9. The number of amides is 2. The minimum Gasteiger partial charge on any atom is -0.494 e. The molecule has 1 N–H and O–H groups in total. The van der Waals surface area contributed by atoms with Crippen LogP contribution in [0.2, 0.25) is 0 Å². The average Bonchev–Trinajstić information content (AvgIpc) is 2.54. The molecule has 7 heteroatoms. The van der Waals surface area contributed by atoms with Crippen molar-refractivity contribution in [2.24, 2.45) is 0 Å². The molecule has 0 aromatic heterocycles. The Morgan fingerprint density at radius 1 is 1.20 bits per heavy atom. The molecule has 1 aromatic carbocycles. The number of hydrogen-bond donors (Lipinski definition) is 1. The van der Waals surface area contributed by atoms with Gasteiger partial charge in [0.25, 0.3) is 0 Å². The van der Waals surface area contributed by atoms with E-state index in [9.17, 15) is 14.7 Å². The molecule has 1 aliphatic heterocycles. The van der Waals surface area contributed by atoms with Gasteiger partial charge in [0.2, 0.25) is 0 Å². The molecule has 1 fully saturated rings. The Hall–Kier alpha value is -2.44. The maximum atomic E-state index is 12.4. The first-order valence-corrected chi connectivity index (χ1v) is 8.41. The van der Waals surface area contributed by atoms with Crippen molar-refractivity contribution in [2.75, 3.05) is 26.2 Å². The van der Waals surface area contributed by atoms with Gasteiger partial charge in [-0.15, -0.1) is 0 Å². The summed E-state index contributed by atoms with van der Waals surface area (Å²) in [6, 6.07) is 9.11. The fourth-order valence-electron chi connectivity index (χ4n) is 2.67. The zero-order chi connectivity index (χ0) is 18.4. The minimum absolute atomic E-state index is 0.257. The Morgan fingerprint density at radius 2 is 1.88 bits per heavy atom. The highest BCUT2D eigenvalue weighted by Crippen LogP contribution is 2.19.